The number of hydrogen-bond acceptors (Lipinski definition) is 9. The summed E-state index contributed by atoms with van der Waals surface area (Å²) in [5.41, 5.74) is 2.14. The van der Waals surface area contributed by atoms with Crippen LogP contribution in [0.25, 0.3) is 0 Å². The number of nitrogens with two attached hydrogens (primary N) is 1. The number of rotatable bonds is 7. The van der Waals surface area contributed by atoms with Crippen LogP contribution >= 0.6 is 0 Å². The third-order valence-electron chi connectivity index (χ3n) is 5.32. The molecular formula is C24H22F4N6O6S. The highest BCUT2D eigenvalue weighted by atomic mass is 32.2. The number of aryl methyl sites for hydroxylation is 1. The lowest BCUT2D eigenvalue weighted by Crippen LogP contribution is -2.26. The summed E-state index contributed by atoms with van der Waals surface area (Å²) in [4.78, 5) is 39.9. The van der Waals surface area contributed by atoms with E-state index in [0.29, 0.717) is 0 Å². The predicted molar refractivity (Wildman–Crippen MR) is 135 cm³/mol. The number of anilines is 1. The predicted octanol–water partition coefficient (Wildman–Crippen LogP) is 4.16. The first-order valence-corrected chi connectivity index (χ1v) is 13.3. The quantitative estimate of drug-likeness (QED) is 0.299. The van der Waals surface area contributed by atoms with Crippen LogP contribution in [0.15, 0.2) is 45.7 Å². The highest BCUT2D eigenvalue weighted by Crippen LogP contribution is 2.35. The van der Waals surface area contributed by atoms with E-state index in [2.05, 4.69) is 29.6 Å². The van der Waals surface area contributed by atoms with Crippen LogP contribution in [-0.2, 0) is 25.4 Å². The number of nitrogens with one attached hydrogen (secondary N) is 1. The number of primary amides is 1. The average Bonchev–Trinajstić information content (AvgIpc) is 2.84. The molecule has 0 aliphatic carbocycles. The molecule has 0 spiro atoms. The Balaban J connectivity index is 2.01. The van der Waals surface area contributed by atoms with Crippen molar-refractivity contribution in [1.29, 1.82) is 0 Å². The topological polar surface area (TPSA) is 176 Å². The van der Waals surface area contributed by atoms with Gasteiger partial charge >= 0.3 is 12.3 Å². The SMILES string of the molecule is Cc1nc(F)ccc1Oc1nnc(C(F)(F)F)c(C)c1C(=O)Nc1cccc([S@@](C)(=O)=NC(=O)[C@@H](C)OC(N)=O)c1. The fourth-order valence-electron chi connectivity index (χ4n) is 3.36. The Morgan fingerprint density at radius 1 is 1.12 bits per heavy atom. The number of aromatic nitrogens is 3. The minimum absolute atomic E-state index is 0.0231. The van der Waals surface area contributed by atoms with Crippen LogP contribution in [0.3, 0.4) is 0 Å². The maximum absolute atomic E-state index is 13.6. The summed E-state index contributed by atoms with van der Waals surface area (Å²) in [5, 5.41) is 8.96. The monoisotopic (exact) mass is 598 g/mol. The molecule has 0 unspecified atom stereocenters. The van der Waals surface area contributed by atoms with Crippen molar-refractivity contribution >= 4 is 33.3 Å². The Morgan fingerprint density at radius 2 is 1.80 bits per heavy atom. The molecule has 17 heteroatoms. The number of pyridine rings is 1. The first-order valence-electron chi connectivity index (χ1n) is 11.4. The second kappa shape index (κ2) is 11.8. The largest absolute Gasteiger partial charge is 0.436 e. The van der Waals surface area contributed by atoms with Gasteiger partial charge in [0.1, 0.15) is 5.56 Å². The van der Waals surface area contributed by atoms with Crippen molar-refractivity contribution in [3.63, 3.8) is 0 Å². The summed E-state index contributed by atoms with van der Waals surface area (Å²) < 4.78 is 80.9. The number of ether oxygens (including phenoxy) is 2. The van der Waals surface area contributed by atoms with Crippen LogP contribution in [-0.4, -0.2) is 49.7 Å². The van der Waals surface area contributed by atoms with Crippen molar-refractivity contribution in [1.82, 2.24) is 15.2 Å². The smallest absolute Gasteiger partial charge is 0.435 e. The molecule has 0 saturated carbocycles. The second-order valence-corrected chi connectivity index (χ2v) is 10.7. The third kappa shape index (κ3) is 7.50. The number of alkyl halides is 3. The number of halogens is 4. The highest BCUT2D eigenvalue weighted by molar-refractivity contribution is 7.93. The molecule has 0 aliphatic heterocycles. The molecule has 1 aromatic carbocycles. The molecule has 12 nitrogen and oxygen atoms in total. The normalized spacial score (nSPS) is 13.5. The summed E-state index contributed by atoms with van der Waals surface area (Å²) in [5.74, 6) is -3.71. The van der Waals surface area contributed by atoms with Gasteiger partial charge in [0.15, 0.2) is 17.5 Å². The lowest BCUT2D eigenvalue weighted by atomic mass is 10.1. The Kier molecular flexibility index (Phi) is 8.90. The molecule has 3 N–H and O–H groups in total. The minimum Gasteiger partial charge on any atom is -0.436 e. The van der Waals surface area contributed by atoms with Crippen LogP contribution < -0.4 is 15.8 Å². The van der Waals surface area contributed by atoms with Gasteiger partial charge in [0, 0.05) is 16.8 Å². The van der Waals surface area contributed by atoms with Crippen LogP contribution in [0.5, 0.6) is 11.6 Å². The van der Waals surface area contributed by atoms with Gasteiger partial charge in [-0.05, 0) is 56.7 Å². The van der Waals surface area contributed by atoms with E-state index in [-0.39, 0.29) is 22.0 Å². The lowest BCUT2D eigenvalue weighted by molar-refractivity contribution is -0.142. The van der Waals surface area contributed by atoms with Crippen LogP contribution in [0.4, 0.5) is 28.0 Å². The van der Waals surface area contributed by atoms with Crippen molar-refractivity contribution in [2.75, 3.05) is 11.6 Å². The van der Waals surface area contributed by atoms with Gasteiger partial charge in [-0.2, -0.15) is 21.9 Å². The Bertz CT molecular complexity index is 1660. The zero-order valence-electron chi connectivity index (χ0n) is 21.8. The average molecular weight is 599 g/mol. The molecule has 0 aliphatic rings. The molecular weight excluding hydrogens is 576 g/mol. The van der Waals surface area contributed by atoms with Gasteiger partial charge in [-0.3, -0.25) is 9.59 Å². The van der Waals surface area contributed by atoms with Crippen molar-refractivity contribution in [3.05, 3.63) is 64.9 Å². The molecule has 3 aromatic rings. The van der Waals surface area contributed by atoms with E-state index in [4.69, 9.17) is 10.5 Å². The number of amides is 3. The van der Waals surface area contributed by atoms with E-state index in [1.165, 1.54) is 38.1 Å². The Labute approximate surface area is 230 Å². The summed E-state index contributed by atoms with van der Waals surface area (Å²) in [6.45, 7) is 3.53. The first-order chi connectivity index (χ1) is 19.0. The second-order valence-electron chi connectivity index (χ2n) is 8.46. The standard InChI is InChI=1S/C24H22F4N6O6S/c1-11-18(22(33-32-19(11)24(26,27)28)40-16-8-9-17(25)30-12(16)2)21(36)31-14-6-5-7-15(10-14)41(4,38)34-20(35)13(3)39-23(29)37/h5-10,13H,1-4H3,(H2,29,37)(H,31,36)/t13-,41-/m1/s1. The number of carbonyl (C=O) groups excluding carboxylic acids is 3. The van der Waals surface area contributed by atoms with Gasteiger partial charge < -0.3 is 20.5 Å². The summed E-state index contributed by atoms with van der Waals surface area (Å²) in [6.07, 6.45) is -6.51. The molecule has 2 heterocycles. The van der Waals surface area contributed by atoms with Gasteiger partial charge in [-0.1, -0.05) is 6.07 Å². The molecule has 2 aromatic heterocycles. The third-order valence-corrected chi connectivity index (χ3v) is 6.98. The zero-order chi connectivity index (χ0) is 30.7. The van der Waals surface area contributed by atoms with Crippen molar-refractivity contribution in [3.8, 4) is 11.6 Å². The molecule has 0 radical (unpaired) electrons. The number of nitrogens with zero attached hydrogens (tertiary/aromatic N) is 4. The molecule has 41 heavy (non-hydrogen) atoms. The van der Waals surface area contributed by atoms with Gasteiger partial charge in [-0.15, -0.1) is 10.2 Å². The number of benzene rings is 1. The molecule has 2 atom stereocenters. The lowest BCUT2D eigenvalue weighted by Gasteiger charge is -2.16. The minimum atomic E-state index is -4.96. The van der Waals surface area contributed by atoms with Crippen LogP contribution in [0.2, 0.25) is 0 Å². The summed E-state index contributed by atoms with van der Waals surface area (Å²) >= 11 is 0. The van der Waals surface area contributed by atoms with Crippen LogP contribution in [0, 0.1) is 19.8 Å². The molecule has 218 valence electrons. The first kappa shape index (κ1) is 30.9. The van der Waals surface area contributed by atoms with Gasteiger partial charge in [0.25, 0.3) is 17.7 Å². The van der Waals surface area contributed by atoms with Crippen LogP contribution in [0.1, 0.15) is 34.2 Å². The maximum atomic E-state index is 13.6. The zero-order valence-corrected chi connectivity index (χ0v) is 22.6. The van der Waals surface area contributed by atoms with E-state index in [1.807, 2.05) is 0 Å². The van der Waals surface area contributed by atoms with E-state index < -0.39 is 68.6 Å². The molecule has 3 amide bonds. The fourth-order valence-corrected chi connectivity index (χ4v) is 4.64. The van der Waals surface area contributed by atoms with E-state index in [0.717, 1.165) is 25.3 Å². The van der Waals surface area contributed by atoms with Gasteiger partial charge in [-0.25, -0.2) is 14.0 Å². The van der Waals surface area contributed by atoms with Crippen molar-refractivity contribution in [2.45, 2.75) is 37.9 Å². The Morgan fingerprint density at radius 3 is 2.41 bits per heavy atom. The maximum Gasteiger partial charge on any atom is 0.435 e. The molecule has 0 saturated heterocycles. The molecule has 3 rings (SSSR count). The molecule has 0 fully saturated rings. The number of hydrogen-bond donors (Lipinski definition) is 2. The van der Waals surface area contributed by atoms with Crippen molar-refractivity contribution < 1.29 is 45.6 Å². The van der Waals surface area contributed by atoms with Gasteiger partial charge in [0.2, 0.25) is 5.95 Å². The Hall–Kier alpha value is -4.67. The van der Waals surface area contributed by atoms with Crippen molar-refractivity contribution in [2.24, 2.45) is 10.1 Å². The summed E-state index contributed by atoms with van der Waals surface area (Å²) in [7, 11) is -3.45. The van der Waals surface area contributed by atoms with E-state index in [1.54, 1.807) is 0 Å². The molecule has 0 bridgehead atoms. The summed E-state index contributed by atoms with van der Waals surface area (Å²) in [6, 6.07) is 7.28. The number of carbonyl (C=O) groups is 3. The van der Waals surface area contributed by atoms with Gasteiger partial charge in [0.05, 0.1) is 15.4 Å². The van der Waals surface area contributed by atoms with E-state index in [9.17, 15) is 36.2 Å². The fraction of sp³-hybridized carbons (Fsp3) is 0.250. The van der Waals surface area contributed by atoms with E-state index >= 15 is 0 Å². The highest BCUT2D eigenvalue weighted by Gasteiger charge is 2.38.